The molecule has 5 aromatic rings. The standard InChI is InChI=1S/C26H21N5O/c1-32-25-13-7-6-12-23(25)30-26(24-15-14-18-8-2-4-10-21(18)29-24)31-28-17-19-16-27-22-11-5-3-9-20(19)22/h2-17,27H,1H3,(H,30,31)/b28-17+. The molecule has 3 aromatic carbocycles. The number of nitrogens with one attached hydrogen (secondary N) is 2. The molecule has 6 nitrogen and oxygen atoms in total. The van der Waals surface area contributed by atoms with E-state index in [0.29, 0.717) is 23.0 Å². The van der Waals surface area contributed by atoms with Crippen LogP contribution in [0.3, 0.4) is 0 Å². The molecule has 5 rings (SSSR count). The van der Waals surface area contributed by atoms with Gasteiger partial charge in [0, 0.05) is 28.0 Å². The highest BCUT2D eigenvalue weighted by Crippen LogP contribution is 2.27. The number of benzene rings is 3. The third-order valence-corrected chi connectivity index (χ3v) is 5.15. The number of ether oxygens (including phenoxy) is 1. The Morgan fingerprint density at radius 2 is 1.75 bits per heavy atom. The van der Waals surface area contributed by atoms with Crippen molar-refractivity contribution in [3.8, 4) is 5.75 Å². The predicted octanol–water partition coefficient (Wildman–Crippen LogP) is 5.43. The molecular weight excluding hydrogens is 398 g/mol. The molecule has 2 N–H and O–H groups in total. The lowest BCUT2D eigenvalue weighted by Crippen LogP contribution is -2.20. The molecule has 6 heteroatoms. The molecule has 0 aliphatic rings. The number of para-hydroxylation sites is 4. The van der Waals surface area contributed by atoms with E-state index in [1.807, 2.05) is 85.1 Å². The van der Waals surface area contributed by atoms with Crippen LogP contribution in [0, 0.1) is 0 Å². The first-order chi connectivity index (χ1) is 15.8. The van der Waals surface area contributed by atoms with Gasteiger partial charge in [-0.05, 0) is 30.3 Å². The van der Waals surface area contributed by atoms with Gasteiger partial charge in [0.05, 0.1) is 18.8 Å². The second-order valence-corrected chi connectivity index (χ2v) is 7.18. The maximum absolute atomic E-state index is 5.47. The molecule has 0 amide bonds. The van der Waals surface area contributed by atoms with Crippen molar-refractivity contribution in [2.45, 2.75) is 0 Å². The molecule has 0 aliphatic heterocycles. The van der Waals surface area contributed by atoms with Crippen molar-refractivity contribution in [1.82, 2.24) is 15.4 Å². The first kappa shape index (κ1) is 19.5. The van der Waals surface area contributed by atoms with Gasteiger partial charge in [-0.3, -0.25) is 5.43 Å². The van der Waals surface area contributed by atoms with E-state index in [2.05, 4.69) is 21.6 Å². The average Bonchev–Trinajstić information content (AvgIpc) is 3.26. The van der Waals surface area contributed by atoms with Crippen molar-refractivity contribution in [2.75, 3.05) is 7.11 Å². The second kappa shape index (κ2) is 8.73. The van der Waals surface area contributed by atoms with Crippen LogP contribution in [0.25, 0.3) is 21.8 Å². The molecule has 2 aromatic heterocycles. The number of aromatic amines is 1. The number of H-pyrrole nitrogens is 1. The van der Waals surface area contributed by atoms with Crippen LogP contribution >= 0.6 is 0 Å². The molecule has 2 heterocycles. The van der Waals surface area contributed by atoms with Crippen LogP contribution in [0.1, 0.15) is 11.3 Å². The Morgan fingerprint density at radius 1 is 0.938 bits per heavy atom. The number of hydrogen-bond acceptors (Lipinski definition) is 4. The molecular formula is C26H21N5O. The number of rotatable bonds is 5. The highest BCUT2D eigenvalue weighted by atomic mass is 16.5. The number of aliphatic imine (C=N–C) groups is 1. The van der Waals surface area contributed by atoms with Gasteiger partial charge in [-0.15, -0.1) is 0 Å². The minimum absolute atomic E-state index is 0.524. The third-order valence-electron chi connectivity index (χ3n) is 5.15. The smallest absolute Gasteiger partial charge is 0.173 e. The fraction of sp³-hybridized carbons (Fsp3) is 0.0385. The maximum atomic E-state index is 5.47. The average molecular weight is 419 g/mol. The molecule has 0 unspecified atom stereocenters. The minimum atomic E-state index is 0.524. The largest absolute Gasteiger partial charge is 0.494 e. The van der Waals surface area contributed by atoms with E-state index in [-0.39, 0.29) is 0 Å². The van der Waals surface area contributed by atoms with Crippen LogP contribution in [0.15, 0.2) is 101 Å². The zero-order valence-electron chi connectivity index (χ0n) is 17.5. The molecule has 0 spiro atoms. The van der Waals surface area contributed by atoms with E-state index in [1.165, 1.54) is 0 Å². The van der Waals surface area contributed by atoms with E-state index < -0.39 is 0 Å². The van der Waals surface area contributed by atoms with Gasteiger partial charge in [0.15, 0.2) is 5.84 Å². The molecule has 0 bridgehead atoms. The van der Waals surface area contributed by atoms with E-state index >= 15 is 0 Å². The van der Waals surface area contributed by atoms with Gasteiger partial charge in [-0.2, -0.15) is 5.10 Å². The number of pyridine rings is 1. The predicted molar refractivity (Wildman–Crippen MR) is 130 cm³/mol. The number of amidine groups is 1. The van der Waals surface area contributed by atoms with Crippen molar-refractivity contribution < 1.29 is 4.74 Å². The van der Waals surface area contributed by atoms with Gasteiger partial charge >= 0.3 is 0 Å². The summed E-state index contributed by atoms with van der Waals surface area (Å²) in [7, 11) is 1.63. The lowest BCUT2D eigenvalue weighted by atomic mass is 10.2. The van der Waals surface area contributed by atoms with Gasteiger partial charge < -0.3 is 9.72 Å². The maximum Gasteiger partial charge on any atom is 0.173 e. The number of methoxy groups -OCH3 is 1. The molecule has 0 saturated carbocycles. The van der Waals surface area contributed by atoms with Crippen molar-refractivity contribution in [1.29, 1.82) is 0 Å². The number of nitrogens with zero attached hydrogens (tertiary/aromatic N) is 3. The van der Waals surface area contributed by atoms with Crippen molar-refractivity contribution in [2.24, 2.45) is 10.1 Å². The Hall–Kier alpha value is -4.45. The quantitative estimate of drug-likeness (QED) is 0.227. The van der Waals surface area contributed by atoms with E-state index in [1.54, 1.807) is 13.3 Å². The van der Waals surface area contributed by atoms with E-state index in [4.69, 9.17) is 14.7 Å². The normalized spacial score (nSPS) is 12.0. The second-order valence-electron chi connectivity index (χ2n) is 7.18. The monoisotopic (exact) mass is 419 g/mol. The summed E-state index contributed by atoms with van der Waals surface area (Å²) in [6.45, 7) is 0. The lowest BCUT2D eigenvalue weighted by molar-refractivity contribution is 0.416. The highest BCUT2D eigenvalue weighted by Gasteiger charge is 2.09. The van der Waals surface area contributed by atoms with Crippen LogP contribution in [-0.2, 0) is 0 Å². The van der Waals surface area contributed by atoms with Crippen molar-refractivity contribution in [3.05, 3.63) is 102 Å². The molecule has 0 atom stereocenters. The van der Waals surface area contributed by atoms with Gasteiger partial charge in [-0.25, -0.2) is 9.98 Å². The SMILES string of the molecule is COc1ccccc1N=C(N/N=C/c1c[nH]c2ccccc12)c1ccc2ccccc2n1. The molecule has 0 saturated heterocycles. The summed E-state index contributed by atoms with van der Waals surface area (Å²) in [5.74, 6) is 1.20. The van der Waals surface area contributed by atoms with Crippen molar-refractivity contribution in [3.63, 3.8) is 0 Å². The highest BCUT2D eigenvalue weighted by molar-refractivity contribution is 6.02. The Labute approximate surface area is 185 Å². The van der Waals surface area contributed by atoms with Crippen LogP contribution in [0.5, 0.6) is 5.75 Å². The Morgan fingerprint density at radius 3 is 2.69 bits per heavy atom. The first-order valence-corrected chi connectivity index (χ1v) is 10.2. The summed E-state index contributed by atoms with van der Waals surface area (Å²) in [4.78, 5) is 12.8. The fourth-order valence-corrected chi connectivity index (χ4v) is 3.54. The molecule has 156 valence electrons. The van der Waals surface area contributed by atoms with Crippen LogP contribution < -0.4 is 10.2 Å². The topological polar surface area (TPSA) is 74.7 Å². The molecule has 0 aliphatic carbocycles. The number of hydrogen-bond donors (Lipinski definition) is 2. The Balaban J connectivity index is 1.53. The summed E-state index contributed by atoms with van der Waals surface area (Å²) in [5.41, 5.74) is 7.40. The molecule has 0 fully saturated rings. The summed E-state index contributed by atoms with van der Waals surface area (Å²) >= 11 is 0. The van der Waals surface area contributed by atoms with Crippen LogP contribution in [0.2, 0.25) is 0 Å². The summed E-state index contributed by atoms with van der Waals surface area (Å²) < 4.78 is 5.47. The van der Waals surface area contributed by atoms with Gasteiger partial charge in [0.2, 0.25) is 0 Å². The minimum Gasteiger partial charge on any atom is -0.494 e. The van der Waals surface area contributed by atoms with E-state index in [0.717, 1.165) is 27.4 Å². The zero-order chi connectivity index (χ0) is 21.8. The summed E-state index contributed by atoms with van der Waals surface area (Å²) in [6, 6.07) is 27.6. The van der Waals surface area contributed by atoms with Crippen LogP contribution in [0.4, 0.5) is 5.69 Å². The molecule has 32 heavy (non-hydrogen) atoms. The van der Waals surface area contributed by atoms with Gasteiger partial charge in [0.1, 0.15) is 17.1 Å². The van der Waals surface area contributed by atoms with Crippen molar-refractivity contribution >= 4 is 39.5 Å². The fourth-order valence-electron chi connectivity index (χ4n) is 3.54. The van der Waals surface area contributed by atoms with Gasteiger partial charge in [0.25, 0.3) is 0 Å². The van der Waals surface area contributed by atoms with E-state index in [9.17, 15) is 0 Å². The van der Waals surface area contributed by atoms with Gasteiger partial charge in [-0.1, -0.05) is 54.6 Å². The lowest BCUT2D eigenvalue weighted by Gasteiger charge is -2.09. The third kappa shape index (κ3) is 3.94. The Bertz CT molecular complexity index is 1450. The summed E-state index contributed by atoms with van der Waals surface area (Å²) in [5, 5.41) is 6.63. The molecule has 0 radical (unpaired) electrons. The zero-order valence-corrected chi connectivity index (χ0v) is 17.5. The summed E-state index contributed by atoms with van der Waals surface area (Å²) in [6.07, 6.45) is 3.71. The Kier molecular flexibility index (Phi) is 5.32. The number of fused-ring (bicyclic) bond motifs is 2. The first-order valence-electron chi connectivity index (χ1n) is 10.2. The number of aromatic nitrogens is 2. The number of hydrazone groups is 1. The van der Waals surface area contributed by atoms with Crippen LogP contribution in [-0.4, -0.2) is 29.1 Å².